The second-order valence-corrected chi connectivity index (χ2v) is 3.04. The Kier molecular flexibility index (Phi) is 3.23. The fourth-order valence-corrected chi connectivity index (χ4v) is 0.832. The lowest BCUT2D eigenvalue weighted by molar-refractivity contribution is -0.143. The van der Waals surface area contributed by atoms with Gasteiger partial charge in [-0.25, -0.2) is 0 Å². The van der Waals surface area contributed by atoms with Gasteiger partial charge in [0.1, 0.15) is 5.78 Å². The summed E-state index contributed by atoms with van der Waals surface area (Å²) in [5.41, 5.74) is -0.675. The number of carboxylic acids is 1. The van der Waals surface area contributed by atoms with Crippen molar-refractivity contribution in [2.75, 3.05) is 0 Å². The fraction of sp³-hybridized carbons (Fsp3) is 0.750. The molecular weight excluding hydrogens is 144 g/mol. The number of rotatable bonds is 4. The zero-order chi connectivity index (χ0) is 9.07. The maximum atomic E-state index is 11.0. The van der Waals surface area contributed by atoms with E-state index in [0.29, 0.717) is 6.42 Å². The highest BCUT2D eigenvalue weighted by atomic mass is 16.4. The van der Waals surface area contributed by atoms with Gasteiger partial charge in [0.15, 0.2) is 0 Å². The highest BCUT2D eigenvalue weighted by Gasteiger charge is 2.30. The summed E-state index contributed by atoms with van der Waals surface area (Å²) in [4.78, 5) is 21.3. The molecule has 0 aromatic rings. The molecule has 0 amide bonds. The summed E-state index contributed by atoms with van der Waals surface area (Å²) in [7, 11) is 0. The Morgan fingerprint density at radius 3 is 2.00 bits per heavy atom. The van der Waals surface area contributed by atoms with Gasteiger partial charge in [0, 0.05) is 5.41 Å². The van der Waals surface area contributed by atoms with E-state index < -0.39 is 11.4 Å². The molecule has 0 aromatic carbocycles. The molecule has 3 heteroatoms. The third-order valence-corrected chi connectivity index (χ3v) is 2.17. The summed E-state index contributed by atoms with van der Waals surface area (Å²) in [6, 6.07) is 0. The first-order valence-electron chi connectivity index (χ1n) is 3.65. The van der Waals surface area contributed by atoms with Crippen molar-refractivity contribution in [2.45, 2.75) is 33.6 Å². The molecule has 1 unspecified atom stereocenters. The molecule has 1 atom stereocenters. The molecule has 0 rings (SSSR count). The van der Waals surface area contributed by atoms with Gasteiger partial charge in [0.05, 0.1) is 6.42 Å². The minimum Gasteiger partial charge on any atom is -0.481 e. The number of Topliss-reactive ketones (excluding diaryl/α,β-unsaturated/α-hetero) is 1. The molecule has 0 aliphatic carbocycles. The standard InChI is InChI=1S/C8H14O3/c1-4-8(3,6(2)9)5-7(10)11/h4-5H2,1-3H3,(H,10,11). The first kappa shape index (κ1) is 10.1. The van der Waals surface area contributed by atoms with Crippen molar-refractivity contribution in [3.63, 3.8) is 0 Å². The molecule has 0 aliphatic rings. The van der Waals surface area contributed by atoms with E-state index in [1.54, 1.807) is 6.92 Å². The van der Waals surface area contributed by atoms with Gasteiger partial charge >= 0.3 is 5.97 Å². The molecular formula is C8H14O3. The summed E-state index contributed by atoms with van der Waals surface area (Å²) in [6.45, 7) is 4.94. The van der Waals surface area contributed by atoms with Gasteiger partial charge in [-0.3, -0.25) is 9.59 Å². The molecule has 3 nitrogen and oxygen atoms in total. The Hall–Kier alpha value is -0.860. The Bertz CT molecular complexity index is 174. The summed E-state index contributed by atoms with van der Waals surface area (Å²) in [6.07, 6.45) is 0.507. The monoisotopic (exact) mass is 158 g/mol. The first-order valence-corrected chi connectivity index (χ1v) is 3.65. The van der Waals surface area contributed by atoms with Crippen molar-refractivity contribution in [3.8, 4) is 0 Å². The van der Waals surface area contributed by atoms with Gasteiger partial charge in [-0.05, 0) is 13.3 Å². The SMILES string of the molecule is CCC(C)(CC(=O)O)C(C)=O. The van der Waals surface area contributed by atoms with E-state index in [0.717, 1.165) is 0 Å². The highest BCUT2D eigenvalue weighted by molar-refractivity contribution is 5.86. The normalized spacial score (nSPS) is 15.5. The summed E-state index contributed by atoms with van der Waals surface area (Å²) in [5, 5.41) is 8.48. The van der Waals surface area contributed by atoms with Crippen LogP contribution >= 0.6 is 0 Å². The minimum atomic E-state index is -0.912. The zero-order valence-electron chi connectivity index (χ0n) is 7.18. The predicted molar refractivity (Wildman–Crippen MR) is 41.3 cm³/mol. The van der Waals surface area contributed by atoms with Crippen LogP contribution in [0.3, 0.4) is 0 Å². The Labute approximate surface area is 66.4 Å². The lowest BCUT2D eigenvalue weighted by Crippen LogP contribution is -2.27. The molecule has 1 N–H and O–H groups in total. The average molecular weight is 158 g/mol. The molecule has 0 saturated carbocycles. The van der Waals surface area contributed by atoms with Gasteiger partial charge in [0.2, 0.25) is 0 Å². The van der Waals surface area contributed by atoms with Crippen LogP contribution in [0.15, 0.2) is 0 Å². The minimum absolute atomic E-state index is 0.0533. The molecule has 0 spiro atoms. The third-order valence-electron chi connectivity index (χ3n) is 2.17. The largest absolute Gasteiger partial charge is 0.481 e. The quantitative estimate of drug-likeness (QED) is 0.674. The van der Waals surface area contributed by atoms with E-state index >= 15 is 0 Å². The first-order chi connectivity index (χ1) is 4.92. The van der Waals surface area contributed by atoms with Crippen molar-refractivity contribution in [3.05, 3.63) is 0 Å². The number of ketones is 1. The molecule has 64 valence electrons. The maximum Gasteiger partial charge on any atom is 0.304 e. The fourth-order valence-electron chi connectivity index (χ4n) is 0.832. The van der Waals surface area contributed by atoms with Crippen LogP contribution in [0, 0.1) is 5.41 Å². The van der Waals surface area contributed by atoms with Gasteiger partial charge in [-0.2, -0.15) is 0 Å². The number of carboxylic acid groups (broad SMARTS) is 1. The molecule has 0 heterocycles. The molecule has 0 aromatic heterocycles. The van der Waals surface area contributed by atoms with E-state index in [9.17, 15) is 9.59 Å². The van der Waals surface area contributed by atoms with Crippen LogP contribution in [0.4, 0.5) is 0 Å². The molecule has 0 bridgehead atoms. The van der Waals surface area contributed by atoms with Crippen LogP contribution in [0.5, 0.6) is 0 Å². The zero-order valence-corrected chi connectivity index (χ0v) is 7.18. The van der Waals surface area contributed by atoms with E-state index in [1.807, 2.05) is 6.92 Å². The lowest BCUT2D eigenvalue weighted by atomic mass is 9.80. The van der Waals surface area contributed by atoms with Gasteiger partial charge in [-0.15, -0.1) is 0 Å². The smallest absolute Gasteiger partial charge is 0.304 e. The number of carbonyl (C=O) groups excluding carboxylic acids is 1. The summed E-state index contributed by atoms with van der Waals surface area (Å²) >= 11 is 0. The molecule has 0 aliphatic heterocycles. The van der Waals surface area contributed by atoms with Crippen LogP contribution in [0.2, 0.25) is 0 Å². The predicted octanol–water partition coefficient (Wildman–Crippen LogP) is 1.47. The Morgan fingerprint density at radius 2 is 1.91 bits per heavy atom. The van der Waals surface area contributed by atoms with Crippen LogP contribution < -0.4 is 0 Å². The number of hydrogen-bond donors (Lipinski definition) is 1. The van der Waals surface area contributed by atoms with Crippen molar-refractivity contribution in [2.24, 2.45) is 5.41 Å². The Balaban J connectivity index is 4.34. The van der Waals surface area contributed by atoms with Crippen LogP contribution in [-0.4, -0.2) is 16.9 Å². The number of aliphatic carboxylic acids is 1. The van der Waals surface area contributed by atoms with E-state index in [4.69, 9.17) is 5.11 Å². The van der Waals surface area contributed by atoms with E-state index in [2.05, 4.69) is 0 Å². The van der Waals surface area contributed by atoms with E-state index in [-0.39, 0.29) is 12.2 Å². The lowest BCUT2D eigenvalue weighted by Gasteiger charge is -2.21. The van der Waals surface area contributed by atoms with Gasteiger partial charge < -0.3 is 5.11 Å². The van der Waals surface area contributed by atoms with Gasteiger partial charge in [-0.1, -0.05) is 13.8 Å². The van der Waals surface area contributed by atoms with Crippen molar-refractivity contribution >= 4 is 11.8 Å². The third kappa shape index (κ3) is 2.70. The summed E-state index contributed by atoms with van der Waals surface area (Å²) in [5.74, 6) is -0.966. The van der Waals surface area contributed by atoms with Crippen molar-refractivity contribution in [1.29, 1.82) is 0 Å². The summed E-state index contributed by atoms with van der Waals surface area (Å²) < 4.78 is 0. The Morgan fingerprint density at radius 1 is 1.45 bits per heavy atom. The van der Waals surface area contributed by atoms with Crippen molar-refractivity contribution < 1.29 is 14.7 Å². The molecule has 0 radical (unpaired) electrons. The highest BCUT2D eigenvalue weighted by Crippen LogP contribution is 2.26. The second kappa shape index (κ2) is 3.51. The number of hydrogen-bond acceptors (Lipinski definition) is 2. The van der Waals surface area contributed by atoms with Crippen LogP contribution in [0.25, 0.3) is 0 Å². The number of carbonyl (C=O) groups is 2. The average Bonchev–Trinajstić information content (AvgIpc) is 1.86. The molecule has 0 fully saturated rings. The van der Waals surface area contributed by atoms with Crippen molar-refractivity contribution in [1.82, 2.24) is 0 Å². The topological polar surface area (TPSA) is 54.4 Å². The molecule has 0 saturated heterocycles. The molecule has 11 heavy (non-hydrogen) atoms. The van der Waals surface area contributed by atoms with Crippen LogP contribution in [-0.2, 0) is 9.59 Å². The van der Waals surface area contributed by atoms with E-state index in [1.165, 1.54) is 6.92 Å². The second-order valence-electron chi connectivity index (χ2n) is 3.04. The van der Waals surface area contributed by atoms with Gasteiger partial charge in [0.25, 0.3) is 0 Å². The van der Waals surface area contributed by atoms with Crippen LogP contribution in [0.1, 0.15) is 33.6 Å². The maximum absolute atomic E-state index is 11.0.